The van der Waals surface area contributed by atoms with Gasteiger partial charge >= 0.3 is 29.8 Å². The quantitative estimate of drug-likeness (QED) is 0.218. The molecule has 0 radical (unpaired) electrons. The molecule has 0 spiro atoms. The van der Waals surface area contributed by atoms with E-state index in [9.17, 15) is 24.0 Å². The first kappa shape index (κ1) is 59.6. The number of ether oxygens (including phenoxy) is 4. The van der Waals surface area contributed by atoms with Crippen LogP contribution in [0, 0.1) is 0 Å². The number of carboxylic acid groups (broad SMARTS) is 1. The van der Waals surface area contributed by atoms with Gasteiger partial charge in [-0.2, -0.15) is 0 Å². The fourth-order valence-electron chi connectivity index (χ4n) is 0.902. The van der Waals surface area contributed by atoms with Gasteiger partial charge in [-0.3, -0.25) is 0 Å². The van der Waals surface area contributed by atoms with Gasteiger partial charge in [-0.05, 0) is 76.4 Å². The Morgan fingerprint density at radius 3 is 0.909 bits per heavy atom. The molecule has 13 heteroatoms. The Bertz CT molecular complexity index is 724. The highest BCUT2D eigenvalue weighted by atomic mass is 35.5. The summed E-state index contributed by atoms with van der Waals surface area (Å²) in [6, 6.07) is 0. The minimum absolute atomic E-state index is 0. The van der Waals surface area contributed by atoms with Gasteiger partial charge < -0.3 is 33.9 Å². The molecule has 0 aliphatic carbocycles. The molecule has 260 valence electrons. The number of esters is 4. The van der Waals surface area contributed by atoms with Crippen LogP contribution >= 0.6 is 12.4 Å². The second-order valence-electron chi connectivity index (χ2n) is 8.40. The predicted molar refractivity (Wildman–Crippen MR) is 181 cm³/mol. The average molecular weight is 655 g/mol. The largest absolute Gasteiger partial charge is 0.478 e. The number of hydrogen-bond acceptors (Lipinski definition) is 11. The molecule has 0 heterocycles. The van der Waals surface area contributed by atoms with Gasteiger partial charge in [0.05, 0.1) is 27.4 Å². The Morgan fingerprint density at radius 2 is 0.886 bits per heavy atom. The van der Waals surface area contributed by atoms with Crippen molar-refractivity contribution in [1.82, 2.24) is 9.80 Å². The van der Waals surface area contributed by atoms with E-state index in [4.69, 9.17) is 5.11 Å². The van der Waals surface area contributed by atoms with Gasteiger partial charge in [0.1, 0.15) is 0 Å². The molecular formula is C31H59ClN2O10. The van der Waals surface area contributed by atoms with Crippen molar-refractivity contribution in [1.29, 1.82) is 0 Å². The van der Waals surface area contributed by atoms with Crippen LogP contribution in [0.4, 0.5) is 0 Å². The lowest BCUT2D eigenvalue weighted by atomic mass is 10.2. The summed E-state index contributed by atoms with van der Waals surface area (Å²) >= 11 is 0. The number of halogens is 1. The van der Waals surface area contributed by atoms with E-state index in [1.165, 1.54) is 14.2 Å². The van der Waals surface area contributed by atoms with Gasteiger partial charge in [-0.15, -0.1) is 12.4 Å². The Labute approximate surface area is 272 Å². The first-order valence-electron chi connectivity index (χ1n) is 12.8. The average Bonchev–Trinajstić information content (AvgIpc) is 2.92. The monoisotopic (exact) mass is 654 g/mol. The van der Waals surface area contributed by atoms with Crippen molar-refractivity contribution >= 4 is 42.3 Å². The van der Waals surface area contributed by atoms with Gasteiger partial charge in [0, 0.05) is 28.9 Å². The zero-order chi connectivity index (χ0) is 36.1. The zero-order valence-corrected chi connectivity index (χ0v) is 30.1. The normalized spacial score (nSPS) is 7.80. The summed E-state index contributed by atoms with van der Waals surface area (Å²) < 4.78 is 17.4. The summed E-state index contributed by atoms with van der Waals surface area (Å²) in [4.78, 5) is 54.4. The van der Waals surface area contributed by atoms with Gasteiger partial charge in [-0.25, -0.2) is 24.0 Å². The van der Waals surface area contributed by atoms with E-state index >= 15 is 0 Å². The number of methoxy groups -OCH3 is 2. The third-order valence-corrected chi connectivity index (χ3v) is 2.70. The number of nitrogens with zero attached hydrogens (tertiary/aromatic N) is 2. The SMILES string of the molecule is C=C(C)C(=O)OC.C=C(C)C(=O)OC.C=C(CC)C(=O)O.C=CC(=O)OCC.C=CC(=O)OCC.CN(C)C.CN(C)C.Cl. The van der Waals surface area contributed by atoms with E-state index in [2.05, 4.69) is 51.8 Å². The highest BCUT2D eigenvalue weighted by molar-refractivity contribution is 5.87. The van der Waals surface area contributed by atoms with Crippen molar-refractivity contribution < 1.29 is 48.0 Å². The molecule has 0 bridgehead atoms. The van der Waals surface area contributed by atoms with Crippen LogP contribution < -0.4 is 0 Å². The number of carbonyl (C=O) groups excluding carboxylic acids is 4. The Hall–Kier alpha value is -3.74. The molecule has 1 N–H and O–H groups in total. The smallest absolute Gasteiger partial charge is 0.332 e. The third kappa shape index (κ3) is 90.3. The van der Waals surface area contributed by atoms with Crippen molar-refractivity contribution in [3.05, 3.63) is 61.8 Å². The molecule has 0 fully saturated rings. The van der Waals surface area contributed by atoms with E-state index in [0.717, 1.165) is 12.2 Å². The second kappa shape index (κ2) is 46.2. The number of aliphatic carboxylic acids is 1. The standard InChI is InChI=1S/5C5H8O2.2C3H9N.ClH/c2*1-4(2)5(6)7-3;2*1-3-5(6)7-4-2;1-3-4(2)5(6)7;2*1-4(2)3;/h2*1H2,2-3H3;2*3H,1,4H2,2H3;2-3H2,1H3,(H,6,7);2*1-3H3;1H. The number of hydrogen-bond donors (Lipinski definition) is 1. The minimum atomic E-state index is -0.900. The van der Waals surface area contributed by atoms with E-state index in [1.54, 1.807) is 34.6 Å². The molecule has 0 saturated carbocycles. The van der Waals surface area contributed by atoms with Crippen LogP contribution in [0.3, 0.4) is 0 Å². The Balaban J connectivity index is -0.0000000576. The maximum Gasteiger partial charge on any atom is 0.332 e. The fraction of sp³-hybridized carbons (Fsp3) is 0.516. The van der Waals surface area contributed by atoms with Crippen molar-refractivity contribution in [3.8, 4) is 0 Å². The number of carbonyl (C=O) groups is 5. The van der Waals surface area contributed by atoms with Crippen LogP contribution in [0.1, 0.15) is 41.0 Å². The Morgan fingerprint density at radius 1 is 0.659 bits per heavy atom. The van der Waals surface area contributed by atoms with Crippen LogP contribution in [0.25, 0.3) is 0 Å². The molecule has 0 saturated heterocycles. The summed E-state index contributed by atoms with van der Waals surface area (Å²) in [6.45, 7) is 25.7. The topological polar surface area (TPSA) is 149 Å². The maximum atomic E-state index is 10.2. The molecule has 44 heavy (non-hydrogen) atoms. The van der Waals surface area contributed by atoms with Gasteiger partial charge in [0.2, 0.25) is 0 Å². The molecule has 12 nitrogen and oxygen atoms in total. The molecular weight excluding hydrogens is 596 g/mol. The van der Waals surface area contributed by atoms with Crippen molar-refractivity contribution in [2.24, 2.45) is 0 Å². The number of rotatable bonds is 8. The van der Waals surface area contributed by atoms with E-state index in [0.29, 0.717) is 30.8 Å². The Kier molecular flexibility index (Phi) is 62.6. The maximum absolute atomic E-state index is 10.2. The van der Waals surface area contributed by atoms with Gasteiger partial charge in [-0.1, -0.05) is 39.8 Å². The molecule has 0 aliphatic rings. The molecule has 0 atom stereocenters. The first-order chi connectivity index (χ1) is 19.6. The summed E-state index contributed by atoms with van der Waals surface area (Å²) in [7, 11) is 14.7. The van der Waals surface area contributed by atoms with E-state index in [-0.39, 0.29) is 41.9 Å². The summed E-state index contributed by atoms with van der Waals surface area (Å²) in [6.07, 6.45) is 2.81. The highest BCUT2D eigenvalue weighted by Crippen LogP contribution is 1.93. The lowest BCUT2D eigenvalue weighted by molar-refractivity contribution is -0.138. The van der Waals surface area contributed by atoms with Crippen molar-refractivity contribution in [2.45, 2.75) is 41.0 Å². The van der Waals surface area contributed by atoms with E-state index in [1.807, 2.05) is 52.1 Å². The van der Waals surface area contributed by atoms with Crippen molar-refractivity contribution in [2.75, 3.05) is 69.7 Å². The molecule has 0 unspecified atom stereocenters. The minimum Gasteiger partial charge on any atom is -0.478 e. The lowest BCUT2D eigenvalue weighted by Gasteiger charge is -1.91. The van der Waals surface area contributed by atoms with Gasteiger partial charge in [0.25, 0.3) is 0 Å². The molecule has 0 aromatic carbocycles. The molecule has 0 aliphatic heterocycles. The summed E-state index contributed by atoms with van der Waals surface area (Å²) in [5.74, 6) is -2.31. The van der Waals surface area contributed by atoms with Crippen LogP contribution in [0.5, 0.6) is 0 Å². The molecule has 0 aromatic heterocycles. The van der Waals surface area contributed by atoms with Gasteiger partial charge in [0.15, 0.2) is 0 Å². The second-order valence-corrected chi connectivity index (χ2v) is 8.40. The number of carboxylic acids is 1. The fourth-order valence-corrected chi connectivity index (χ4v) is 0.902. The molecule has 0 amide bonds. The first-order valence-corrected chi connectivity index (χ1v) is 12.8. The zero-order valence-electron chi connectivity index (χ0n) is 29.2. The summed E-state index contributed by atoms with van der Waals surface area (Å²) in [5.41, 5.74) is 1.13. The van der Waals surface area contributed by atoms with Crippen LogP contribution in [-0.2, 0) is 42.9 Å². The lowest BCUT2D eigenvalue weighted by Crippen LogP contribution is -1.99. The van der Waals surface area contributed by atoms with Crippen molar-refractivity contribution in [3.63, 3.8) is 0 Å². The highest BCUT2D eigenvalue weighted by Gasteiger charge is 1.97. The summed E-state index contributed by atoms with van der Waals surface area (Å²) in [5, 5.41) is 8.08. The van der Waals surface area contributed by atoms with Crippen LogP contribution in [0.2, 0.25) is 0 Å². The van der Waals surface area contributed by atoms with E-state index < -0.39 is 5.97 Å². The molecule has 0 aromatic rings. The van der Waals surface area contributed by atoms with Crippen LogP contribution in [0.15, 0.2) is 61.8 Å². The molecule has 0 rings (SSSR count). The third-order valence-electron chi connectivity index (χ3n) is 2.70. The van der Waals surface area contributed by atoms with Crippen LogP contribution in [-0.4, -0.2) is 114 Å². The predicted octanol–water partition coefficient (Wildman–Crippen LogP) is 4.76.